The fraction of sp³-hybridized carbons (Fsp3) is 0.280. The van der Waals surface area contributed by atoms with Crippen LogP contribution in [0.5, 0.6) is 5.75 Å². The molecule has 1 amide bonds. The zero-order valence-electron chi connectivity index (χ0n) is 18.3. The topological polar surface area (TPSA) is 72.9 Å². The number of halogens is 1. The molecule has 5 rings (SSSR count). The summed E-state index contributed by atoms with van der Waals surface area (Å²) >= 11 is 7.93. The molecule has 0 saturated carbocycles. The van der Waals surface area contributed by atoms with Crippen LogP contribution < -0.4 is 10.5 Å². The van der Waals surface area contributed by atoms with Crippen molar-refractivity contribution in [2.24, 2.45) is 5.73 Å². The minimum Gasteiger partial charge on any atom is -0.484 e. The number of imidazole rings is 1. The van der Waals surface area contributed by atoms with Gasteiger partial charge in [0.05, 0.1) is 16.8 Å². The van der Waals surface area contributed by atoms with Crippen LogP contribution >= 0.6 is 22.9 Å². The molecule has 2 N–H and O–H groups in total. The van der Waals surface area contributed by atoms with Crippen molar-refractivity contribution in [1.82, 2.24) is 14.3 Å². The molecule has 1 saturated heterocycles. The van der Waals surface area contributed by atoms with Crippen LogP contribution in [0.2, 0.25) is 5.02 Å². The van der Waals surface area contributed by atoms with E-state index in [-0.39, 0.29) is 6.10 Å². The van der Waals surface area contributed by atoms with Crippen molar-refractivity contribution in [3.8, 4) is 16.3 Å². The Hall–Kier alpha value is -2.87. The van der Waals surface area contributed by atoms with Crippen LogP contribution in [0.25, 0.3) is 16.2 Å². The molecule has 6 nitrogen and oxygen atoms in total. The van der Waals surface area contributed by atoms with Crippen molar-refractivity contribution >= 4 is 34.5 Å². The Morgan fingerprint density at radius 3 is 2.82 bits per heavy atom. The average Bonchev–Trinajstić information content (AvgIpc) is 3.53. The number of carbonyl (C=O) groups is 1. The smallest absolute Gasteiger partial charge is 0.262 e. The number of amides is 1. The van der Waals surface area contributed by atoms with E-state index in [4.69, 9.17) is 22.1 Å². The highest BCUT2D eigenvalue weighted by Gasteiger charge is 2.22. The highest BCUT2D eigenvalue weighted by atomic mass is 35.5. The van der Waals surface area contributed by atoms with Crippen LogP contribution in [-0.2, 0) is 6.54 Å². The van der Waals surface area contributed by atoms with Gasteiger partial charge >= 0.3 is 0 Å². The number of benzene rings is 1. The van der Waals surface area contributed by atoms with Gasteiger partial charge in [-0.1, -0.05) is 29.8 Å². The molecule has 4 aromatic rings. The molecular formula is C25H25ClN4O2S. The molecule has 33 heavy (non-hydrogen) atoms. The van der Waals surface area contributed by atoms with Crippen molar-refractivity contribution in [3.05, 3.63) is 75.9 Å². The lowest BCUT2D eigenvalue weighted by molar-refractivity contribution is 0.0998. The zero-order chi connectivity index (χ0) is 22.9. The number of carbonyl (C=O) groups excluding carboxylic acids is 1. The second-order valence-electron chi connectivity index (χ2n) is 8.34. The molecule has 0 bridgehead atoms. The van der Waals surface area contributed by atoms with E-state index in [0.29, 0.717) is 15.6 Å². The predicted octanol–water partition coefficient (Wildman–Crippen LogP) is 5.55. The number of hydrogen-bond acceptors (Lipinski definition) is 5. The monoisotopic (exact) mass is 480 g/mol. The second kappa shape index (κ2) is 9.17. The van der Waals surface area contributed by atoms with Crippen LogP contribution in [0.3, 0.4) is 0 Å². The number of primary amides is 1. The van der Waals surface area contributed by atoms with Gasteiger partial charge in [-0.25, -0.2) is 4.98 Å². The van der Waals surface area contributed by atoms with E-state index in [1.54, 1.807) is 6.20 Å². The molecule has 3 aromatic heterocycles. The summed E-state index contributed by atoms with van der Waals surface area (Å²) in [5.74, 6) is -0.0626. The van der Waals surface area contributed by atoms with Crippen molar-refractivity contribution in [3.63, 3.8) is 0 Å². The maximum Gasteiger partial charge on any atom is 0.262 e. The van der Waals surface area contributed by atoms with Gasteiger partial charge in [-0.15, -0.1) is 11.3 Å². The van der Waals surface area contributed by atoms with Gasteiger partial charge in [-0.3, -0.25) is 14.1 Å². The maximum absolute atomic E-state index is 12.2. The number of ether oxygens (including phenoxy) is 1. The van der Waals surface area contributed by atoms with E-state index in [1.165, 1.54) is 29.7 Å². The van der Waals surface area contributed by atoms with Gasteiger partial charge in [0.1, 0.15) is 22.4 Å². The SMILES string of the molecule is CC(Oc1cc(-c2cnc3ccccn23)sc1C(N)=O)c1ccc(CN2CCCC2)cc1Cl. The Balaban J connectivity index is 1.40. The lowest BCUT2D eigenvalue weighted by atomic mass is 10.1. The summed E-state index contributed by atoms with van der Waals surface area (Å²) in [6.07, 6.45) is 5.90. The number of nitrogens with two attached hydrogens (primary N) is 1. The summed E-state index contributed by atoms with van der Waals surface area (Å²) in [4.78, 5) is 20.3. The standard InChI is InChI=1S/C25H25ClN4O2S/c1-16(18-8-7-17(12-19(18)26)15-29-9-4-5-10-29)32-21-13-22(33-24(21)25(27)31)20-14-28-23-6-2-3-11-30(20)23/h2-3,6-8,11-14,16H,4-5,9-10,15H2,1H3,(H2,27,31). The Kier molecular flexibility index (Phi) is 6.10. The van der Waals surface area contributed by atoms with Gasteiger partial charge in [0.2, 0.25) is 0 Å². The summed E-state index contributed by atoms with van der Waals surface area (Å²) in [6.45, 7) is 5.12. The second-order valence-corrected chi connectivity index (χ2v) is 9.80. The molecule has 0 radical (unpaired) electrons. The van der Waals surface area contributed by atoms with Crippen molar-refractivity contribution in [2.75, 3.05) is 13.1 Å². The van der Waals surface area contributed by atoms with Gasteiger partial charge in [0.15, 0.2) is 0 Å². The molecule has 1 atom stereocenters. The van der Waals surface area contributed by atoms with E-state index in [9.17, 15) is 4.79 Å². The van der Waals surface area contributed by atoms with Crippen molar-refractivity contribution in [2.45, 2.75) is 32.4 Å². The van der Waals surface area contributed by atoms with Gasteiger partial charge < -0.3 is 10.5 Å². The fourth-order valence-electron chi connectivity index (χ4n) is 4.33. The van der Waals surface area contributed by atoms with Crippen LogP contribution in [0.15, 0.2) is 54.9 Å². The van der Waals surface area contributed by atoms with E-state index >= 15 is 0 Å². The number of hydrogen-bond donors (Lipinski definition) is 1. The lowest BCUT2D eigenvalue weighted by Gasteiger charge is -2.19. The van der Waals surface area contributed by atoms with Gasteiger partial charge in [0, 0.05) is 29.4 Å². The number of thiophene rings is 1. The molecule has 0 aliphatic carbocycles. The lowest BCUT2D eigenvalue weighted by Crippen LogP contribution is -2.18. The third-order valence-corrected chi connectivity index (χ3v) is 7.48. The predicted molar refractivity (Wildman–Crippen MR) is 132 cm³/mol. The quantitative estimate of drug-likeness (QED) is 0.376. The molecule has 1 unspecified atom stereocenters. The third-order valence-electron chi connectivity index (χ3n) is 6.00. The first-order chi connectivity index (χ1) is 16.0. The van der Waals surface area contributed by atoms with Crippen LogP contribution in [-0.4, -0.2) is 33.3 Å². The van der Waals surface area contributed by atoms with Crippen molar-refractivity contribution < 1.29 is 9.53 Å². The third kappa shape index (κ3) is 4.49. The maximum atomic E-state index is 12.2. The highest BCUT2D eigenvalue weighted by molar-refractivity contribution is 7.17. The fourth-order valence-corrected chi connectivity index (χ4v) is 5.63. The highest BCUT2D eigenvalue weighted by Crippen LogP contribution is 2.39. The molecule has 8 heteroatoms. The number of rotatable bonds is 7. The minimum atomic E-state index is -0.519. The number of nitrogens with zero attached hydrogens (tertiary/aromatic N) is 3. The number of likely N-dealkylation sites (tertiary alicyclic amines) is 1. The molecule has 0 spiro atoms. The largest absolute Gasteiger partial charge is 0.484 e. The van der Waals surface area contributed by atoms with E-state index < -0.39 is 5.91 Å². The van der Waals surface area contributed by atoms with E-state index in [2.05, 4.69) is 16.0 Å². The summed E-state index contributed by atoms with van der Waals surface area (Å²) in [7, 11) is 0. The first-order valence-electron chi connectivity index (χ1n) is 11.0. The van der Waals surface area contributed by atoms with Crippen LogP contribution in [0.4, 0.5) is 0 Å². The molecule has 4 heterocycles. The summed E-state index contributed by atoms with van der Waals surface area (Å²) in [6, 6.07) is 13.8. The molecule has 1 fully saturated rings. The number of fused-ring (bicyclic) bond motifs is 1. The minimum absolute atomic E-state index is 0.346. The molecule has 1 aromatic carbocycles. The summed E-state index contributed by atoms with van der Waals surface area (Å²) in [5.41, 5.74) is 9.46. The number of pyridine rings is 1. The normalized spacial score (nSPS) is 15.2. The Morgan fingerprint density at radius 1 is 1.24 bits per heavy atom. The number of aromatic nitrogens is 2. The van der Waals surface area contributed by atoms with E-state index in [0.717, 1.165) is 41.4 Å². The van der Waals surface area contributed by atoms with Crippen molar-refractivity contribution in [1.29, 1.82) is 0 Å². The van der Waals surface area contributed by atoms with Gasteiger partial charge in [-0.05, 0) is 56.6 Å². The molecule has 170 valence electrons. The summed E-state index contributed by atoms with van der Waals surface area (Å²) < 4.78 is 8.19. The Morgan fingerprint density at radius 2 is 2.06 bits per heavy atom. The summed E-state index contributed by atoms with van der Waals surface area (Å²) in [5, 5.41) is 0.664. The zero-order valence-corrected chi connectivity index (χ0v) is 19.9. The van der Waals surface area contributed by atoms with Gasteiger partial charge in [0.25, 0.3) is 5.91 Å². The molecular weight excluding hydrogens is 456 g/mol. The Labute approximate surface area is 201 Å². The van der Waals surface area contributed by atoms with E-state index in [1.807, 2.05) is 53.9 Å². The first-order valence-corrected chi connectivity index (χ1v) is 12.2. The molecule has 1 aliphatic heterocycles. The van der Waals surface area contributed by atoms with Crippen LogP contribution in [0.1, 0.15) is 46.7 Å². The molecule has 1 aliphatic rings. The van der Waals surface area contributed by atoms with Gasteiger partial charge in [-0.2, -0.15) is 0 Å². The Bertz CT molecular complexity index is 1310. The van der Waals surface area contributed by atoms with Crippen LogP contribution in [0, 0.1) is 0 Å². The average molecular weight is 481 g/mol. The first kappa shape index (κ1) is 21.9.